The highest BCUT2D eigenvalue weighted by molar-refractivity contribution is 5.84. The molecule has 0 fully saturated rings. The minimum absolute atomic E-state index is 0.463. The second-order valence-corrected chi connectivity index (χ2v) is 3.78. The molecule has 20 heavy (non-hydrogen) atoms. The average Bonchev–Trinajstić information content (AvgIpc) is 2.46. The maximum atomic E-state index is 11.1. The molecule has 0 saturated heterocycles. The molecule has 1 aromatic rings. The number of aryl methyl sites for hydroxylation is 1. The Kier molecular flexibility index (Phi) is 5.96. The van der Waals surface area contributed by atoms with Gasteiger partial charge in [-0.25, -0.2) is 14.6 Å². The average molecular weight is 276 g/mol. The number of carbonyl (C=O) groups excluding carboxylic acids is 2. The highest BCUT2D eigenvalue weighted by atomic mass is 16.5. The molecule has 1 heterocycles. The molecule has 0 aromatic carbocycles. The Balaban J connectivity index is 3.10. The maximum Gasteiger partial charge on any atom is 0.332 e. The first-order valence-corrected chi connectivity index (χ1v) is 5.80. The van der Waals surface area contributed by atoms with Gasteiger partial charge < -0.3 is 14.0 Å². The van der Waals surface area contributed by atoms with Gasteiger partial charge in [0.25, 0.3) is 0 Å². The van der Waals surface area contributed by atoms with E-state index in [0.29, 0.717) is 5.49 Å². The third kappa shape index (κ3) is 4.93. The van der Waals surface area contributed by atoms with Crippen molar-refractivity contribution in [2.45, 2.75) is 6.92 Å². The van der Waals surface area contributed by atoms with Crippen molar-refractivity contribution < 1.29 is 19.1 Å². The van der Waals surface area contributed by atoms with E-state index in [-0.39, 0.29) is 0 Å². The molecule has 0 spiro atoms. The summed E-state index contributed by atoms with van der Waals surface area (Å²) in [7, 11) is 2.59. The molecule has 0 amide bonds. The number of hydrogen-bond acceptors (Lipinski definition) is 5. The van der Waals surface area contributed by atoms with Crippen LogP contribution < -0.4 is 5.49 Å². The minimum Gasteiger partial charge on any atom is -0.466 e. The summed E-state index contributed by atoms with van der Waals surface area (Å²) in [5.41, 5.74) is 1.55. The second-order valence-electron chi connectivity index (χ2n) is 3.78. The lowest BCUT2D eigenvalue weighted by molar-refractivity contribution is -0.135. The van der Waals surface area contributed by atoms with Gasteiger partial charge in [-0.05, 0) is 18.6 Å². The molecule has 0 bridgehead atoms. The molecule has 0 atom stereocenters. The smallest absolute Gasteiger partial charge is 0.332 e. The number of rotatable bonds is 4. The van der Waals surface area contributed by atoms with Gasteiger partial charge in [-0.15, -0.1) is 0 Å². The van der Waals surface area contributed by atoms with Gasteiger partial charge in [0.05, 0.1) is 14.2 Å². The quantitative estimate of drug-likeness (QED) is 0.608. The van der Waals surface area contributed by atoms with E-state index in [0.717, 1.165) is 5.56 Å². The van der Waals surface area contributed by atoms with Gasteiger partial charge in [0, 0.05) is 30.7 Å². The summed E-state index contributed by atoms with van der Waals surface area (Å²) in [5.74, 6) is -0.951. The first kappa shape index (κ1) is 15.4. The van der Waals surface area contributed by atoms with Crippen LogP contribution in [0.5, 0.6) is 0 Å². The third-order valence-corrected chi connectivity index (χ3v) is 2.29. The largest absolute Gasteiger partial charge is 0.466 e. The fraction of sp³-hybridized carbons (Fsp3) is 0.214. The maximum absolute atomic E-state index is 11.1. The zero-order valence-electron chi connectivity index (χ0n) is 11.6. The molecule has 0 unspecified atom stereocenters. The summed E-state index contributed by atoms with van der Waals surface area (Å²) in [6.07, 6.45) is 7.14. The van der Waals surface area contributed by atoms with Gasteiger partial charge >= 0.3 is 11.9 Å². The summed E-state index contributed by atoms with van der Waals surface area (Å²) in [4.78, 5) is 26.2. The van der Waals surface area contributed by atoms with Crippen molar-refractivity contribution in [1.29, 1.82) is 0 Å². The predicted molar refractivity (Wildman–Crippen MR) is 73.2 cm³/mol. The summed E-state index contributed by atoms with van der Waals surface area (Å²) < 4.78 is 10.6. The SMILES string of the molecule is COC(=O)/C=C/N=c1ccc(C)cn1/C=C/C(=O)OC. The summed E-state index contributed by atoms with van der Waals surface area (Å²) in [5, 5.41) is 0. The lowest BCUT2D eigenvalue weighted by Crippen LogP contribution is -2.15. The number of ether oxygens (including phenoxy) is 2. The number of carbonyl (C=O) groups is 2. The van der Waals surface area contributed by atoms with Crippen LogP contribution >= 0.6 is 0 Å². The number of esters is 2. The molecular formula is C14H16N2O4. The van der Waals surface area contributed by atoms with Crippen LogP contribution in [0.1, 0.15) is 5.56 Å². The summed E-state index contributed by atoms with van der Waals surface area (Å²) in [6.45, 7) is 1.91. The summed E-state index contributed by atoms with van der Waals surface area (Å²) in [6, 6.07) is 3.63. The molecule has 0 aliphatic heterocycles. The van der Waals surface area contributed by atoms with E-state index in [9.17, 15) is 9.59 Å². The molecule has 0 aliphatic carbocycles. The Morgan fingerprint density at radius 1 is 1.15 bits per heavy atom. The standard InChI is InChI=1S/C14H16N2O4/c1-11-4-5-12(15-8-6-13(17)19-2)16(10-11)9-7-14(18)20-3/h4-10H,1-3H3/b8-6+,9-7+,15-12?. The van der Waals surface area contributed by atoms with Gasteiger partial charge in [0.2, 0.25) is 0 Å². The van der Waals surface area contributed by atoms with E-state index < -0.39 is 11.9 Å². The fourth-order valence-electron chi connectivity index (χ4n) is 1.30. The first-order valence-electron chi connectivity index (χ1n) is 5.80. The Morgan fingerprint density at radius 3 is 2.45 bits per heavy atom. The van der Waals surface area contributed by atoms with Crippen molar-refractivity contribution in [3.05, 3.63) is 47.7 Å². The van der Waals surface area contributed by atoms with Crippen LogP contribution in [0.3, 0.4) is 0 Å². The number of nitrogens with zero attached hydrogens (tertiary/aromatic N) is 2. The summed E-state index contributed by atoms with van der Waals surface area (Å²) >= 11 is 0. The van der Waals surface area contributed by atoms with Crippen molar-refractivity contribution in [3.8, 4) is 0 Å². The number of methoxy groups -OCH3 is 2. The van der Waals surface area contributed by atoms with Crippen LogP contribution in [0.25, 0.3) is 6.20 Å². The second kappa shape index (κ2) is 7.73. The first-order chi connectivity index (χ1) is 9.56. The van der Waals surface area contributed by atoms with Crippen LogP contribution in [0.15, 0.2) is 41.7 Å². The number of hydrogen-bond donors (Lipinski definition) is 0. The molecule has 0 radical (unpaired) electrons. The molecular weight excluding hydrogens is 260 g/mol. The third-order valence-electron chi connectivity index (χ3n) is 2.29. The van der Waals surface area contributed by atoms with Gasteiger partial charge in [-0.2, -0.15) is 0 Å². The molecule has 6 nitrogen and oxygen atoms in total. The van der Waals surface area contributed by atoms with Crippen molar-refractivity contribution in [1.82, 2.24) is 4.57 Å². The molecule has 1 aromatic heterocycles. The molecule has 0 aliphatic rings. The van der Waals surface area contributed by atoms with Crippen LogP contribution in [0.2, 0.25) is 0 Å². The molecule has 0 saturated carbocycles. The number of aromatic nitrogens is 1. The molecule has 0 N–H and O–H groups in total. The van der Waals surface area contributed by atoms with Crippen molar-refractivity contribution >= 4 is 18.1 Å². The van der Waals surface area contributed by atoms with Gasteiger partial charge in [-0.1, -0.05) is 6.07 Å². The highest BCUT2D eigenvalue weighted by Gasteiger charge is 1.94. The van der Waals surface area contributed by atoms with E-state index in [2.05, 4.69) is 14.5 Å². The monoisotopic (exact) mass is 276 g/mol. The van der Waals surface area contributed by atoms with E-state index in [1.165, 1.54) is 38.8 Å². The van der Waals surface area contributed by atoms with Crippen molar-refractivity contribution in [3.63, 3.8) is 0 Å². The molecule has 106 valence electrons. The molecule has 1 rings (SSSR count). The van der Waals surface area contributed by atoms with E-state index >= 15 is 0 Å². The van der Waals surface area contributed by atoms with Crippen molar-refractivity contribution in [2.24, 2.45) is 4.99 Å². The van der Waals surface area contributed by atoms with Crippen LogP contribution in [-0.2, 0) is 19.1 Å². The predicted octanol–water partition coefficient (Wildman–Crippen LogP) is 1.03. The van der Waals surface area contributed by atoms with E-state index in [4.69, 9.17) is 0 Å². The molecule has 6 heteroatoms. The zero-order chi connectivity index (χ0) is 15.0. The normalized spacial score (nSPS) is 12.1. The topological polar surface area (TPSA) is 69.9 Å². The Morgan fingerprint density at radius 2 is 1.80 bits per heavy atom. The van der Waals surface area contributed by atoms with E-state index in [1.807, 2.05) is 13.0 Å². The Hall–Kier alpha value is -2.63. The van der Waals surface area contributed by atoms with Gasteiger partial charge in [0.15, 0.2) is 0 Å². The Labute approximate surface area is 116 Å². The van der Waals surface area contributed by atoms with Crippen LogP contribution in [0.4, 0.5) is 0 Å². The van der Waals surface area contributed by atoms with Crippen LogP contribution in [0, 0.1) is 6.92 Å². The minimum atomic E-state index is -0.488. The lowest BCUT2D eigenvalue weighted by atomic mass is 10.3. The van der Waals surface area contributed by atoms with Crippen LogP contribution in [-0.4, -0.2) is 30.7 Å². The highest BCUT2D eigenvalue weighted by Crippen LogP contribution is 1.94. The zero-order valence-corrected chi connectivity index (χ0v) is 11.6. The lowest BCUT2D eigenvalue weighted by Gasteiger charge is -2.02. The van der Waals surface area contributed by atoms with Gasteiger partial charge in [-0.3, -0.25) is 0 Å². The fourth-order valence-corrected chi connectivity index (χ4v) is 1.30. The number of pyridine rings is 1. The van der Waals surface area contributed by atoms with Gasteiger partial charge in [0.1, 0.15) is 5.49 Å². The van der Waals surface area contributed by atoms with Crippen molar-refractivity contribution in [2.75, 3.05) is 14.2 Å². The Bertz CT molecular complexity index is 612. The van der Waals surface area contributed by atoms with E-state index in [1.54, 1.807) is 16.8 Å².